The van der Waals surface area contributed by atoms with Gasteiger partial charge >= 0.3 is 5.97 Å². The first-order valence-electron chi connectivity index (χ1n) is 6.01. The van der Waals surface area contributed by atoms with Gasteiger partial charge in [0.1, 0.15) is 6.04 Å². The summed E-state index contributed by atoms with van der Waals surface area (Å²) in [5, 5.41) is 11.6. The van der Waals surface area contributed by atoms with Gasteiger partial charge in [-0.3, -0.25) is 4.79 Å². The summed E-state index contributed by atoms with van der Waals surface area (Å²) in [6, 6.07) is -0.843. The number of amides is 1. The summed E-state index contributed by atoms with van der Waals surface area (Å²) in [6.45, 7) is 6.00. The molecule has 0 spiro atoms. The SMILES string of the molecule is CC(C)(C)[C@@H](NC(=O)CCCCCN)C(=O)O. The van der Waals surface area contributed by atoms with E-state index in [2.05, 4.69) is 5.32 Å². The minimum absolute atomic E-state index is 0.204. The quantitative estimate of drug-likeness (QED) is 0.585. The van der Waals surface area contributed by atoms with Gasteiger partial charge in [-0.25, -0.2) is 4.79 Å². The second-order valence-corrected chi connectivity index (χ2v) is 5.30. The van der Waals surface area contributed by atoms with Crippen LogP contribution in [0.4, 0.5) is 0 Å². The molecule has 0 aliphatic rings. The minimum Gasteiger partial charge on any atom is -0.480 e. The van der Waals surface area contributed by atoms with Crippen molar-refractivity contribution in [2.24, 2.45) is 11.1 Å². The van der Waals surface area contributed by atoms with E-state index in [0.717, 1.165) is 19.3 Å². The Labute approximate surface area is 103 Å². The molecule has 5 nitrogen and oxygen atoms in total. The molecular weight excluding hydrogens is 220 g/mol. The molecule has 0 heterocycles. The maximum Gasteiger partial charge on any atom is 0.326 e. The van der Waals surface area contributed by atoms with E-state index < -0.39 is 17.4 Å². The van der Waals surface area contributed by atoms with Gasteiger partial charge in [-0.1, -0.05) is 27.2 Å². The lowest BCUT2D eigenvalue weighted by Crippen LogP contribution is -2.49. The Bertz CT molecular complexity index is 259. The molecule has 1 amide bonds. The van der Waals surface area contributed by atoms with E-state index in [1.165, 1.54) is 0 Å². The molecule has 0 saturated carbocycles. The fraction of sp³-hybridized carbons (Fsp3) is 0.833. The first-order valence-corrected chi connectivity index (χ1v) is 6.01. The second-order valence-electron chi connectivity index (χ2n) is 5.30. The third kappa shape index (κ3) is 6.94. The fourth-order valence-corrected chi connectivity index (χ4v) is 1.49. The third-order valence-corrected chi connectivity index (χ3v) is 2.53. The number of rotatable bonds is 7. The van der Waals surface area contributed by atoms with Crippen LogP contribution < -0.4 is 11.1 Å². The largest absolute Gasteiger partial charge is 0.480 e. The van der Waals surface area contributed by atoms with Crippen molar-refractivity contribution < 1.29 is 14.7 Å². The number of nitrogens with two attached hydrogens (primary N) is 1. The molecule has 0 rings (SSSR count). The van der Waals surface area contributed by atoms with E-state index >= 15 is 0 Å². The van der Waals surface area contributed by atoms with E-state index in [9.17, 15) is 9.59 Å². The molecule has 17 heavy (non-hydrogen) atoms. The summed E-state index contributed by atoms with van der Waals surface area (Å²) in [5.74, 6) is -1.20. The number of unbranched alkanes of at least 4 members (excludes halogenated alkanes) is 2. The van der Waals surface area contributed by atoms with Crippen molar-refractivity contribution in [3.8, 4) is 0 Å². The maximum atomic E-state index is 11.6. The van der Waals surface area contributed by atoms with Crippen molar-refractivity contribution in [3.63, 3.8) is 0 Å². The van der Waals surface area contributed by atoms with E-state index in [1.54, 1.807) is 20.8 Å². The van der Waals surface area contributed by atoms with E-state index in [4.69, 9.17) is 10.8 Å². The zero-order valence-electron chi connectivity index (χ0n) is 11.0. The highest BCUT2D eigenvalue weighted by Crippen LogP contribution is 2.19. The lowest BCUT2D eigenvalue weighted by Gasteiger charge is -2.27. The first kappa shape index (κ1) is 15.9. The molecule has 0 aliphatic carbocycles. The van der Waals surface area contributed by atoms with Gasteiger partial charge in [0.15, 0.2) is 0 Å². The molecule has 100 valence electrons. The number of nitrogens with one attached hydrogen (secondary N) is 1. The van der Waals surface area contributed by atoms with Crippen LogP contribution in [-0.2, 0) is 9.59 Å². The van der Waals surface area contributed by atoms with Crippen molar-refractivity contribution >= 4 is 11.9 Å². The number of carbonyl (C=O) groups excluding carboxylic acids is 1. The Morgan fingerprint density at radius 3 is 2.24 bits per heavy atom. The lowest BCUT2D eigenvalue weighted by molar-refractivity contribution is -0.144. The van der Waals surface area contributed by atoms with Crippen LogP contribution in [-0.4, -0.2) is 29.6 Å². The fourth-order valence-electron chi connectivity index (χ4n) is 1.49. The van der Waals surface area contributed by atoms with Crippen LogP contribution in [0.2, 0.25) is 0 Å². The smallest absolute Gasteiger partial charge is 0.326 e. The standard InChI is InChI=1S/C12H24N2O3/c1-12(2,3)10(11(16)17)14-9(15)7-5-4-6-8-13/h10H,4-8,13H2,1-3H3,(H,14,15)(H,16,17)/t10-/m0/s1. The average molecular weight is 244 g/mol. The molecule has 0 unspecified atom stereocenters. The number of carboxylic acids is 1. The zero-order chi connectivity index (χ0) is 13.5. The van der Waals surface area contributed by atoms with Gasteiger partial charge in [0.25, 0.3) is 0 Å². The van der Waals surface area contributed by atoms with Gasteiger partial charge in [0.2, 0.25) is 5.91 Å². The number of hydrogen-bond donors (Lipinski definition) is 3. The third-order valence-electron chi connectivity index (χ3n) is 2.53. The summed E-state index contributed by atoms with van der Waals surface area (Å²) in [5.41, 5.74) is 4.86. The van der Waals surface area contributed by atoms with E-state index in [0.29, 0.717) is 13.0 Å². The van der Waals surface area contributed by atoms with Crippen LogP contribution in [0.15, 0.2) is 0 Å². The van der Waals surface area contributed by atoms with Crippen LogP contribution in [0.1, 0.15) is 46.5 Å². The Morgan fingerprint density at radius 1 is 1.24 bits per heavy atom. The van der Waals surface area contributed by atoms with Crippen LogP contribution in [0.25, 0.3) is 0 Å². The average Bonchev–Trinajstić information content (AvgIpc) is 2.19. The number of hydrogen-bond acceptors (Lipinski definition) is 3. The molecule has 0 aromatic heterocycles. The van der Waals surface area contributed by atoms with Crippen LogP contribution >= 0.6 is 0 Å². The lowest BCUT2D eigenvalue weighted by atomic mass is 9.86. The molecule has 0 saturated heterocycles. The summed E-state index contributed by atoms with van der Waals surface area (Å²) in [7, 11) is 0. The number of carboxylic acid groups (broad SMARTS) is 1. The molecule has 0 aromatic carbocycles. The van der Waals surface area contributed by atoms with Gasteiger partial charge in [-0.05, 0) is 24.8 Å². The van der Waals surface area contributed by atoms with Crippen molar-refractivity contribution in [1.29, 1.82) is 0 Å². The molecule has 0 aliphatic heterocycles. The van der Waals surface area contributed by atoms with Crippen molar-refractivity contribution in [3.05, 3.63) is 0 Å². The van der Waals surface area contributed by atoms with Crippen LogP contribution in [0.5, 0.6) is 0 Å². The molecule has 0 aromatic rings. The monoisotopic (exact) mass is 244 g/mol. The zero-order valence-corrected chi connectivity index (χ0v) is 11.0. The Hall–Kier alpha value is -1.10. The minimum atomic E-state index is -0.993. The topological polar surface area (TPSA) is 92.4 Å². The predicted octanol–water partition coefficient (Wildman–Crippen LogP) is 1.12. The Kier molecular flexibility index (Phi) is 6.80. The summed E-state index contributed by atoms with van der Waals surface area (Å²) >= 11 is 0. The molecule has 0 fully saturated rings. The van der Waals surface area contributed by atoms with Gasteiger partial charge in [0, 0.05) is 6.42 Å². The molecule has 0 radical (unpaired) electrons. The van der Waals surface area contributed by atoms with E-state index in [1.807, 2.05) is 0 Å². The van der Waals surface area contributed by atoms with Gasteiger partial charge in [0.05, 0.1) is 0 Å². The molecular formula is C12H24N2O3. The normalized spacial score (nSPS) is 13.2. The summed E-state index contributed by atoms with van der Waals surface area (Å²) in [6.07, 6.45) is 2.91. The van der Waals surface area contributed by atoms with Crippen molar-refractivity contribution in [2.75, 3.05) is 6.54 Å². The molecule has 1 atom stereocenters. The van der Waals surface area contributed by atoms with Gasteiger partial charge in [-0.2, -0.15) is 0 Å². The molecule has 5 heteroatoms. The molecule has 0 bridgehead atoms. The number of carbonyl (C=O) groups is 2. The summed E-state index contributed by atoms with van der Waals surface area (Å²) < 4.78 is 0. The summed E-state index contributed by atoms with van der Waals surface area (Å²) in [4.78, 5) is 22.6. The molecule has 4 N–H and O–H groups in total. The highest BCUT2D eigenvalue weighted by atomic mass is 16.4. The van der Waals surface area contributed by atoms with Crippen LogP contribution in [0.3, 0.4) is 0 Å². The van der Waals surface area contributed by atoms with Gasteiger partial charge in [-0.15, -0.1) is 0 Å². The number of aliphatic carboxylic acids is 1. The van der Waals surface area contributed by atoms with E-state index in [-0.39, 0.29) is 5.91 Å². The predicted molar refractivity (Wildman–Crippen MR) is 66.5 cm³/mol. The van der Waals surface area contributed by atoms with Gasteiger partial charge < -0.3 is 16.2 Å². The van der Waals surface area contributed by atoms with Crippen molar-refractivity contribution in [1.82, 2.24) is 5.32 Å². The van der Waals surface area contributed by atoms with Crippen LogP contribution in [0, 0.1) is 5.41 Å². The Morgan fingerprint density at radius 2 is 1.82 bits per heavy atom. The van der Waals surface area contributed by atoms with Crippen molar-refractivity contribution in [2.45, 2.75) is 52.5 Å². The second kappa shape index (κ2) is 7.27. The highest BCUT2D eigenvalue weighted by molar-refractivity contribution is 5.84. The first-order chi connectivity index (χ1) is 7.79. The maximum absolute atomic E-state index is 11.6. The highest BCUT2D eigenvalue weighted by Gasteiger charge is 2.32. The Balaban J connectivity index is 4.11.